The molecule has 0 saturated carbocycles. The molecule has 3 heteroatoms. The molecular formula is C16H36BrNO. The minimum atomic E-state index is 0. The van der Waals surface area contributed by atoms with E-state index < -0.39 is 0 Å². The van der Waals surface area contributed by atoms with E-state index in [-0.39, 0.29) is 17.0 Å². The molecule has 0 amide bonds. The zero-order chi connectivity index (χ0) is 13.7. The van der Waals surface area contributed by atoms with Crippen LogP contribution in [0.2, 0.25) is 0 Å². The van der Waals surface area contributed by atoms with Crippen LogP contribution in [0.5, 0.6) is 0 Å². The Morgan fingerprint density at radius 1 is 0.632 bits per heavy atom. The normalized spacial score (nSPS) is 11.4. The van der Waals surface area contributed by atoms with Crippen molar-refractivity contribution in [2.45, 2.75) is 72.1 Å². The number of halogens is 1. The molecule has 1 N–H and O–H groups in total. The Balaban J connectivity index is 0. The van der Waals surface area contributed by atoms with Crippen LogP contribution in [0.1, 0.15) is 72.1 Å². The van der Waals surface area contributed by atoms with Crippen LogP contribution in [0.25, 0.3) is 0 Å². The molecule has 0 aliphatic carbocycles. The van der Waals surface area contributed by atoms with Crippen molar-refractivity contribution in [1.29, 1.82) is 0 Å². The summed E-state index contributed by atoms with van der Waals surface area (Å²) in [4.78, 5) is 0. The Morgan fingerprint density at radius 2 is 1.11 bits per heavy atom. The largest absolute Gasteiger partial charge is 1.00 e. The number of aliphatic hydroxyl groups is 1. The van der Waals surface area contributed by atoms with Gasteiger partial charge in [-0.1, -0.05) is 46.5 Å². The molecule has 0 heterocycles. The fourth-order valence-electron chi connectivity index (χ4n) is 2.74. The van der Waals surface area contributed by atoms with Crippen molar-refractivity contribution in [2.75, 3.05) is 32.8 Å². The van der Waals surface area contributed by atoms with Gasteiger partial charge in [-0.3, -0.25) is 0 Å². The van der Waals surface area contributed by atoms with Crippen LogP contribution in [0.4, 0.5) is 0 Å². The summed E-state index contributed by atoms with van der Waals surface area (Å²) in [7, 11) is 0. The lowest BCUT2D eigenvalue weighted by molar-refractivity contribution is -0.929. The van der Waals surface area contributed by atoms with Gasteiger partial charge in [0.05, 0.1) is 26.2 Å². The van der Waals surface area contributed by atoms with Gasteiger partial charge >= 0.3 is 0 Å². The molecule has 19 heavy (non-hydrogen) atoms. The maximum absolute atomic E-state index is 9.39. The Morgan fingerprint density at radius 3 is 1.53 bits per heavy atom. The van der Waals surface area contributed by atoms with Gasteiger partial charge < -0.3 is 26.6 Å². The Labute approximate surface area is 131 Å². The number of aliphatic hydroxyl groups excluding tert-OH is 1. The van der Waals surface area contributed by atoms with E-state index in [0.29, 0.717) is 6.61 Å². The van der Waals surface area contributed by atoms with Gasteiger partial charge in [0.15, 0.2) is 0 Å². The number of rotatable bonds is 13. The predicted octanol–water partition coefficient (Wildman–Crippen LogP) is 0.980. The third-order valence-corrected chi connectivity index (χ3v) is 4.03. The van der Waals surface area contributed by atoms with Gasteiger partial charge in [-0.15, -0.1) is 0 Å². The first-order valence-electron chi connectivity index (χ1n) is 8.20. The molecule has 0 radical (unpaired) electrons. The van der Waals surface area contributed by atoms with Crippen molar-refractivity contribution in [1.82, 2.24) is 0 Å². The number of unbranched alkanes of at least 4 members (excludes halogenated alkanes) is 5. The van der Waals surface area contributed by atoms with E-state index in [1.54, 1.807) is 0 Å². The highest BCUT2D eigenvalue weighted by Gasteiger charge is 2.24. The summed E-state index contributed by atoms with van der Waals surface area (Å²) in [5, 5.41) is 9.39. The summed E-state index contributed by atoms with van der Waals surface area (Å²) in [6.07, 6.45) is 10.5. The highest BCUT2D eigenvalue weighted by Crippen LogP contribution is 2.15. The fraction of sp³-hybridized carbons (Fsp3) is 1.00. The summed E-state index contributed by atoms with van der Waals surface area (Å²) in [5.74, 6) is 0. The second-order valence-electron chi connectivity index (χ2n) is 5.73. The smallest absolute Gasteiger partial charge is 0.102 e. The van der Waals surface area contributed by atoms with Crippen LogP contribution in [0.3, 0.4) is 0 Å². The predicted molar refractivity (Wildman–Crippen MR) is 80.8 cm³/mol. The van der Waals surface area contributed by atoms with Crippen LogP contribution in [-0.4, -0.2) is 42.4 Å². The van der Waals surface area contributed by atoms with E-state index >= 15 is 0 Å². The third-order valence-electron chi connectivity index (χ3n) is 4.03. The molecule has 0 aromatic carbocycles. The van der Waals surface area contributed by atoms with Gasteiger partial charge in [0.25, 0.3) is 0 Å². The molecule has 0 unspecified atom stereocenters. The number of hydrogen-bond acceptors (Lipinski definition) is 1. The van der Waals surface area contributed by atoms with Gasteiger partial charge in [-0.25, -0.2) is 0 Å². The Bertz CT molecular complexity index is 168. The standard InChI is InChI=1S/C16H36NO.BrH/c1-4-7-10-11-14-17(15-16-18,12-8-5-2)13-9-6-3;/h18H,4-16H2,1-3H3;1H/q+1;/p-1. The summed E-state index contributed by atoms with van der Waals surface area (Å²) < 4.78 is 1.17. The van der Waals surface area contributed by atoms with E-state index in [1.807, 2.05) is 0 Å². The van der Waals surface area contributed by atoms with Gasteiger partial charge in [-0.05, 0) is 25.7 Å². The van der Waals surface area contributed by atoms with E-state index in [9.17, 15) is 5.11 Å². The van der Waals surface area contributed by atoms with E-state index in [0.717, 1.165) is 6.54 Å². The maximum atomic E-state index is 9.39. The molecule has 0 aromatic rings. The zero-order valence-electron chi connectivity index (χ0n) is 13.5. The molecule has 0 atom stereocenters. The summed E-state index contributed by atoms with van der Waals surface area (Å²) in [5.41, 5.74) is 0. The first-order chi connectivity index (χ1) is 8.74. The third kappa shape index (κ3) is 10.8. The topological polar surface area (TPSA) is 20.2 Å². The van der Waals surface area contributed by atoms with Crippen molar-refractivity contribution in [3.05, 3.63) is 0 Å². The molecule has 0 fully saturated rings. The number of hydrogen-bond donors (Lipinski definition) is 1. The Kier molecular flexibility index (Phi) is 16.9. The van der Waals surface area contributed by atoms with Crippen molar-refractivity contribution in [3.8, 4) is 0 Å². The monoisotopic (exact) mass is 337 g/mol. The summed E-state index contributed by atoms with van der Waals surface area (Å²) in [6.45, 7) is 11.9. The SMILES string of the molecule is CCCCCC[N+](CCO)(CCCC)CCCC.[Br-]. The summed E-state index contributed by atoms with van der Waals surface area (Å²) in [6, 6.07) is 0. The first-order valence-corrected chi connectivity index (χ1v) is 8.20. The zero-order valence-corrected chi connectivity index (χ0v) is 15.1. The molecule has 118 valence electrons. The minimum Gasteiger partial charge on any atom is -1.00 e. The lowest BCUT2D eigenvalue weighted by Gasteiger charge is -2.38. The molecule has 2 nitrogen and oxygen atoms in total. The second-order valence-corrected chi connectivity index (χ2v) is 5.73. The van der Waals surface area contributed by atoms with Gasteiger partial charge in [0.2, 0.25) is 0 Å². The van der Waals surface area contributed by atoms with Crippen LogP contribution in [0.15, 0.2) is 0 Å². The van der Waals surface area contributed by atoms with Crippen LogP contribution < -0.4 is 17.0 Å². The van der Waals surface area contributed by atoms with E-state index in [2.05, 4.69) is 20.8 Å². The molecule has 0 spiro atoms. The molecule has 0 bridgehead atoms. The maximum Gasteiger partial charge on any atom is 0.102 e. The minimum absolute atomic E-state index is 0. The molecule has 0 rings (SSSR count). The van der Waals surface area contributed by atoms with Crippen LogP contribution in [0, 0.1) is 0 Å². The van der Waals surface area contributed by atoms with Crippen LogP contribution in [-0.2, 0) is 0 Å². The van der Waals surface area contributed by atoms with Crippen molar-refractivity contribution < 1.29 is 26.6 Å². The van der Waals surface area contributed by atoms with Gasteiger partial charge in [0, 0.05) is 0 Å². The molecule has 0 aliphatic heterocycles. The van der Waals surface area contributed by atoms with Gasteiger partial charge in [0.1, 0.15) is 6.54 Å². The first kappa shape index (κ1) is 21.7. The van der Waals surface area contributed by atoms with Crippen molar-refractivity contribution >= 4 is 0 Å². The second kappa shape index (κ2) is 14.8. The highest BCUT2D eigenvalue weighted by molar-refractivity contribution is 4.49. The molecule has 0 saturated heterocycles. The van der Waals surface area contributed by atoms with Crippen molar-refractivity contribution in [2.24, 2.45) is 0 Å². The van der Waals surface area contributed by atoms with E-state index in [1.165, 1.54) is 75.5 Å². The van der Waals surface area contributed by atoms with Gasteiger partial charge in [-0.2, -0.15) is 0 Å². The van der Waals surface area contributed by atoms with Crippen LogP contribution >= 0.6 is 0 Å². The average molecular weight is 338 g/mol. The quantitative estimate of drug-likeness (QED) is 0.392. The fourth-order valence-corrected chi connectivity index (χ4v) is 2.74. The molecular weight excluding hydrogens is 302 g/mol. The highest BCUT2D eigenvalue weighted by atomic mass is 79.9. The number of quaternary nitrogens is 1. The molecule has 0 aromatic heterocycles. The summed E-state index contributed by atoms with van der Waals surface area (Å²) >= 11 is 0. The lowest BCUT2D eigenvalue weighted by Crippen LogP contribution is -3.00. The Hall–Kier alpha value is 0.400. The lowest BCUT2D eigenvalue weighted by atomic mass is 10.1. The number of nitrogens with zero attached hydrogens (tertiary/aromatic N) is 1. The average Bonchev–Trinajstić information content (AvgIpc) is 2.39. The van der Waals surface area contributed by atoms with E-state index in [4.69, 9.17) is 0 Å². The molecule has 0 aliphatic rings. The van der Waals surface area contributed by atoms with Crippen molar-refractivity contribution in [3.63, 3.8) is 0 Å².